The van der Waals surface area contributed by atoms with E-state index in [4.69, 9.17) is 0 Å². The minimum Gasteiger partial charge on any atom is -0.338 e. The molecule has 3 nitrogen and oxygen atoms in total. The van der Waals surface area contributed by atoms with E-state index in [1.165, 1.54) is 0 Å². The van der Waals surface area contributed by atoms with Gasteiger partial charge in [-0.2, -0.15) is 0 Å². The van der Waals surface area contributed by atoms with E-state index in [1.54, 1.807) is 0 Å². The molecule has 0 radical (unpaired) electrons. The number of imidazole rings is 1. The summed E-state index contributed by atoms with van der Waals surface area (Å²) in [7, 11) is 2.04. The van der Waals surface area contributed by atoms with E-state index < -0.39 is 0 Å². The second kappa shape index (κ2) is 6.01. The largest absolute Gasteiger partial charge is 0.338 e. The molecule has 0 saturated heterocycles. The van der Waals surface area contributed by atoms with Crippen molar-refractivity contribution in [3.8, 4) is 0 Å². The van der Waals surface area contributed by atoms with Gasteiger partial charge < -0.3 is 9.88 Å². The van der Waals surface area contributed by atoms with Crippen LogP contribution in [0.4, 0.5) is 0 Å². The molecule has 17 heavy (non-hydrogen) atoms. The Labute approximate surface area is 105 Å². The zero-order valence-corrected chi connectivity index (χ0v) is 11.5. The molecule has 0 aromatic carbocycles. The van der Waals surface area contributed by atoms with Crippen LogP contribution in [0.2, 0.25) is 0 Å². The lowest BCUT2D eigenvalue weighted by Gasteiger charge is -2.27. The molecule has 1 aromatic heterocycles. The summed E-state index contributed by atoms with van der Waals surface area (Å²) in [6, 6.07) is 0.516. The highest BCUT2D eigenvalue weighted by atomic mass is 15.0. The molecule has 3 heteroatoms. The molecule has 1 atom stereocenters. The molecule has 0 fully saturated rings. The third kappa shape index (κ3) is 4.35. The molecule has 1 aromatic rings. The maximum absolute atomic E-state index is 4.36. The minimum absolute atomic E-state index is 0.135. The molecular formula is C14H25N3. The molecule has 1 N–H and O–H groups in total. The molecule has 1 unspecified atom stereocenters. The van der Waals surface area contributed by atoms with Crippen LogP contribution in [-0.4, -0.2) is 22.1 Å². The lowest BCUT2D eigenvalue weighted by Crippen LogP contribution is -2.35. The molecule has 0 aliphatic heterocycles. The summed E-state index contributed by atoms with van der Waals surface area (Å²) in [5.41, 5.74) is 0.135. The molecule has 1 rings (SSSR count). The molecule has 0 aliphatic carbocycles. The molecule has 0 saturated carbocycles. The fourth-order valence-electron chi connectivity index (χ4n) is 1.73. The highest BCUT2D eigenvalue weighted by Crippen LogP contribution is 2.23. The third-order valence-corrected chi connectivity index (χ3v) is 3.25. The van der Waals surface area contributed by atoms with Crippen LogP contribution in [0.5, 0.6) is 0 Å². The molecular weight excluding hydrogens is 210 g/mol. The van der Waals surface area contributed by atoms with Gasteiger partial charge in [0.2, 0.25) is 0 Å². The lowest BCUT2D eigenvalue weighted by atomic mass is 9.85. The van der Waals surface area contributed by atoms with Crippen LogP contribution in [0.15, 0.2) is 25.0 Å². The SMILES string of the molecule is C=CC(C)(CCc1nccn1C)CNC(C)C. The molecule has 0 aliphatic rings. The van der Waals surface area contributed by atoms with Gasteiger partial charge in [-0.3, -0.25) is 0 Å². The predicted octanol–water partition coefficient (Wildman–Crippen LogP) is 2.54. The predicted molar refractivity (Wildman–Crippen MR) is 73.0 cm³/mol. The third-order valence-electron chi connectivity index (χ3n) is 3.25. The van der Waals surface area contributed by atoms with Crippen LogP contribution in [0.3, 0.4) is 0 Å². The van der Waals surface area contributed by atoms with Crippen LogP contribution in [0.25, 0.3) is 0 Å². The summed E-state index contributed by atoms with van der Waals surface area (Å²) in [4.78, 5) is 4.36. The smallest absolute Gasteiger partial charge is 0.108 e. The summed E-state index contributed by atoms with van der Waals surface area (Å²) in [6.07, 6.45) is 7.97. The summed E-state index contributed by atoms with van der Waals surface area (Å²) in [5.74, 6) is 1.14. The summed E-state index contributed by atoms with van der Waals surface area (Å²) < 4.78 is 2.08. The van der Waals surface area contributed by atoms with Crippen LogP contribution >= 0.6 is 0 Å². The Morgan fingerprint density at radius 3 is 2.76 bits per heavy atom. The van der Waals surface area contributed by atoms with E-state index in [9.17, 15) is 0 Å². The van der Waals surface area contributed by atoms with Crippen molar-refractivity contribution in [1.29, 1.82) is 0 Å². The zero-order chi connectivity index (χ0) is 12.9. The van der Waals surface area contributed by atoms with E-state index in [0.717, 1.165) is 25.2 Å². The quantitative estimate of drug-likeness (QED) is 0.736. The van der Waals surface area contributed by atoms with Gasteiger partial charge >= 0.3 is 0 Å². The van der Waals surface area contributed by atoms with E-state index in [2.05, 4.69) is 48.3 Å². The number of aryl methyl sites for hydroxylation is 2. The van der Waals surface area contributed by atoms with Gasteiger partial charge in [0.05, 0.1) is 0 Å². The Kier molecular flexibility index (Phi) is 4.94. The van der Waals surface area contributed by atoms with Gasteiger partial charge in [-0.1, -0.05) is 26.8 Å². The van der Waals surface area contributed by atoms with Crippen LogP contribution < -0.4 is 5.32 Å². The van der Waals surface area contributed by atoms with Gasteiger partial charge in [-0.05, 0) is 11.8 Å². The van der Waals surface area contributed by atoms with Gasteiger partial charge in [-0.25, -0.2) is 4.98 Å². The Balaban J connectivity index is 2.51. The Hall–Kier alpha value is -1.09. The summed E-state index contributed by atoms with van der Waals surface area (Å²) in [6.45, 7) is 11.5. The van der Waals surface area contributed by atoms with E-state index in [0.29, 0.717) is 6.04 Å². The highest BCUT2D eigenvalue weighted by molar-refractivity contribution is 4.98. The fourth-order valence-corrected chi connectivity index (χ4v) is 1.73. The summed E-state index contributed by atoms with van der Waals surface area (Å²) >= 11 is 0. The molecule has 0 spiro atoms. The van der Waals surface area contributed by atoms with Gasteiger partial charge in [0.1, 0.15) is 5.82 Å². The van der Waals surface area contributed by atoms with Crippen molar-refractivity contribution in [3.05, 3.63) is 30.9 Å². The Bertz CT molecular complexity index is 354. The number of hydrogen-bond acceptors (Lipinski definition) is 2. The van der Waals surface area contributed by atoms with E-state index in [1.807, 2.05) is 19.4 Å². The Morgan fingerprint density at radius 2 is 2.29 bits per heavy atom. The maximum atomic E-state index is 4.36. The van der Waals surface area contributed by atoms with Gasteiger partial charge in [0.15, 0.2) is 0 Å². The summed E-state index contributed by atoms with van der Waals surface area (Å²) in [5, 5.41) is 3.48. The lowest BCUT2D eigenvalue weighted by molar-refractivity contribution is 0.347. The standard InChI is InChI=1S/C14H25N3/c1-6-14(4,11-16-12(2)3)8-7-13-15-9-10-17(13)5/h6,9-10,12,16H,1,7-8,11H2,2-5H3. The fraction of sp³-hybridized carbons (Fsp3) is 0.643. The minimum atomic E-state index is 0.135. The van der Waals surface area contributed by atoms with E-state index in [-0.39, 0.29) is 5.41 Å². The van der Waals surface area contributed by atoms with Crippen molar-refractivity contribution in [1.82, 2.24) is 14.9 Å². The first-order chi connectivity index (χ1) is 7.97. The number of rotatable bonds is 7. The monoisotopic (exact) mass is 235 g/mol. The first-order valence-corrected chi connectivity index (χ1v) is 6.30. The van der Waals surface area contributed by atoms with Crippen molar-refractivity contribution in [2.75, 3.05) is 6.54 Å². The van der Waals surface area contributed by atoms with E-state index >= 15 is 0 Å². The topological polar surface area (TPSA) is 29.9 Å². The van der Waals surface area contributed by atoms with Gasteiger partial charge in [-0.15, -0.1) is 6.58 Å². The van der Waals surface area contributed by atoms with Crippen molar-refractivity contribution in [2.45, 2.75) is 39.7 Å². The number of nitrogens with one attached hydrogen (secondary N) is 1. The molecule has 1 heterocycles. The van der Waals surface area contributed by atoms with Crippen LogP contribution in [0, 0.1) is 5.41 Å². The number of nitrogens with zero attached hydrogens (tertiary/aromatic N) is 2. The maximum Gasteiger partial charge on any atom is 0.108 e. The molecule has 0 amide bonds. The second-order valence-electron chi connectivity index (χ2n) is 5.35. The zero-order valence-electron chi connectivity index (χ0n) is 11.5. The second-order valence-corrected chi connectivity index (χ2v) is 5.35. The first kappa shape index (κ1) is 14.0. The van der Waals surface area contributed by atoms with Crippen molar-refractivity contribution in [2.24, 2.45) is 12.5 Å². The van der Waals surface area contributed by atoms with Crippen molar-refractivity contribution >= 4 is 0 Å². The average molecular weight is 235 g/mol. The van der Waals surface area contributed by atoms with Crippen molar-refractivity contribution < 1.29 is 0 Å². The number of hydrogen-bond donors (Lipinski definition) is 1. The normalized spacial score (nSPS) is 14.9. The molecule has 0 bridgehead atoms. The number of aromatic nitrogens is 2. The van der Waals surface area contributed by atoms with Crippen LogP contribution in [0.1, 0.15) is 33.0 Å². The highest BCUT2D eigenvalue weighted by Gasteiger charge is 2.20. The molecule has 96 valence electrons. The average Bonchev–Trinajstić information content (AvgIpc) is 2.70. The van der Waals surface area contributed by atoms with Crippen molar-refractivity contribution in [3.63, 3.8) is 0 Å². The van der Waals surface area contributed by atoms with Gasteiger partial charge in [0, 0.05) is 38.4 Å². The van der Waals surface area contributed by atoms with Crippen LogP contribution in [-0.2, 0) is 13.5 Å². The van der Waals surface area contributed by atoms with Gasteiger partial charge in [0.25, 0.3) is 0 Å². The Morgan fingerprint density at radius 1 is 1.59 bits per heavy atom. The first-order valence-electron chi connectivity index (χ1n) is 6.30.